The van der Waals surface area contributed by atoms with Gasteiger partial charge in [0.15, 0.2) is 0 Å². The zero-order valence-electron chi connectivity index (χ0n) is 11.0. The molecule has 0 saturated heterocycles. The molecule has 1 aliphatic rings. The summed E-state index contributed by atoms with van der Waals surface area (Å²) in [7, 11) is 0. The fourth-order valence-electron chi connectivity index (χ4n) is 2.39. The molecule has 0 aromatic carbocycles. The van der Waals surface area contributed by atoms with Gasteiger partial charge in [0.05, 0.1) is 6.20 Å². The first-order valence-electron chi connectivity index (χ1n) is 6.69. The molecule has 2 aromatic heterocycles. The summed E-state index contributed by atoms with van der Waals surface area (Å²) in [6.45, 7) is 2.46. The minimum atomic E-state index is -0.0162. The molecule has 2 N–H and O–H groups in total. The van der Waals surface area contributed by atoms with Crippen molar-refractivity contribution in [3.05, 3.63) is 41.5 Å². The number of amides is 1. The van der Waals surface area contributed by atoms with E-state index in [0.29, 0.717) is 12.6 Å². The van der Waals surface area contributed by atoms with Gasteiger partial charge in [0.1, 0.15) is 5.69 Å². The van der Waals surface area contributed by atoms with Crippen LogP contribution >= 0.6 is 0 Å². The van der Waals surface area contributed by atoms with Crippen LogP contribution in [0.2, 0.25) is 0 Å². The maximum atomic E-state index is 12.2. The number of carbonyl (C=O) groups excluding carboxylic acids is 1. The molecule has 0 spiro atoms. The van der Waals surface area contributed by atoms with Gasteiger partial charge in [-0.3, -0.25) is 9.89 Å². The molecule has 2 aromatic rings. The Morgan fingerprint density at radius 2 is 2.42 bits per heavy atom. The van der Waals surface area contributed by atoms with Crippen LogP contribution in [0.4, 0.5) is 0 Å². The first-order chi connectivity index (χ1) is 9.25. The van der Waals surface area contributed by atoms with Crippen molar-refractivity contribution in [1.82, 2.24) is 20.1 Å². The Balaban J connectivity index is 1.67. The van der Waals surface area contributed by atoms with E-state index in [2.05, 4.69) is 20.1 Å². The van der Waals surface area contributed by atoms with E-state index in [-0.39, 0.29) is 5.91 Å². The third kappa shape index (κ3) is 2.28. The summed E-state index contributed by atoms with van der Waals surface area (Å²) in [6.07, 6.45) is 7.37. The smallest absolute Gasteiger partial charge is 0.268 e. The first kappa shape index (κ1) is 12.0. The number of nitrogens with zero attached hydrogens (tertiary/aromatic N) is 2. The molecule has 19 heavy (non-hydrogen) atoms. The fraction of sp³-hybridized carbons (Fsp3) is 0.429. The number of hydrogen-bond donors (Lipinski definition) is 2. The van der Waals surface area contributed by atoms with Crippen LogP contribution in [-0.2, 0) is 6.54 Å². The zero-order valence-corrected chi connectivity index (χ0v) is 11.0. The number of aromatic amines is 1. The van der Waals surface area contributed by atoms with Crippen LogP contribution in [0.3, 0.4) is 0 Å². The topological polar surface area (TPSA) is 62.7 Å². The van der Waals surface area contributed by atoms with E-state index in [1.54, 1.807) is 6.20 Å². The van der Waals surface area contributed by atoms with Gasteiger partial charge in [-0.2, -0.15) is 5.10 Å². The van der Waals surface area contributed by atoms with Gasteiger partial charge in [0, 0.05) is 30.0 Å². The Hall–Kier alpha value is -2.04. The highest BCUT2D eigenvalue weighted by molar-refractivity contribution is 5.92. The highest BCUT2D eigenvalue weighted by atomic mass is 16.1. The van der Waals surface area contributed by atoms with Gasteiger partial charge in [-0.05, 0) is 38.3 Å². The van der Waals surface area contributed by atoms with Crippen molar-refractivity contribution in [2.45, 2.75) is 38.8 Å². The van der Waals surface area contributed by atoms with Crippen molar-refractivity contribution in [3.8, 4) is 0 Å². The summed E-state index contributed by atoms with van der Waals surface area (Å²) in [6, 6.07) is 4.33. The lowest BCUT2D eigenvalue weighted by molar-refractivity contribution is 0.0936. The largest absolute Gasteiger partial charge is 0.347 e. The summed E-state index contributed by atoms with van der Waals surface area (Å²) in [4.78, 5) is 12.2. The molecule has 1 amide bonds. The maximum Gasteiger partial charge on any atom is 0.268 e. The van der Waals surface area contributed by atoms with Crippen molar-refractivity contribution in [2.75, 3.05) is 0 Å². The highest BCUT2D eigenvalue weighted by Crippen LogP contribution is 2.32. The Kier molecular flexibility index (Phi) is 3.11. The van der Waals surface area contributed by atoms with E-state index < -0.39 is 0 Å². The third-order valence-electron chi connectivity index (χ3n) is 3.85. The average Bonchev–Trinajstić information content (AvgIpc) is 2.93. The molecule has 0 atom stereocenters. The molecule has 1 saturated carbocycles. The molecule has 0 bridgehead atoms. The molecule has 100 valence electrons. The third-order valence-corrected chi connectivity index (χ3v) is 3.85. The lowest BCUT2D eigenvalue weighted by atomic mass is 9.93. The van der Waals surface area contributed by atoms with Crippen LogP contribution in [-0.4, -0.2) is 20.7 Å². The lowest BCUT2D eigenvalue weighted by Gasteiger charge is -2.28. The van der Waals surface area contributed by atoms with Crippen molar-refractivity contribution in [2.24, 2.45) is 0 Å². The molecule has 1 aliphatic carbocycles. The molecule has 0 aliphatic heterocycles. The quantitative estimate of drug-likeness (QED) is 0.882. The highest BCUT2D eigenvalue weighted by Gasteiger charge is 2.23. The van der Waals surface area contributed by atoms with Gasteiger partial charge >= 0.3 is 0 Å². The number of rotatable bonds is 4. The van der Waals surface area contributed by atoms with Gasteiger partial charge in [0.25, 0.3) is 5.91 Å². The summed E-state index contributed by atoms with van der Waals surface area (Å²) in [5, 5.41) is 9.77. The van der Waals surface area contributed by atoms with Gasteiger partial charge in [0.2, 0.25) is 0 Å². The van der Waals surface area contributed by atoms with Crippen LogP contribution < -0.4 is 5.32 Å². The van der Waals surface area contributed by atoms with E-state index in [0.717, 1.165) is 17.0 Å². The molecule has 3 rings (SSSR count). The predicted octanol–water partition coefficient (Wildman–Crippen LogP) is 2.17. The van der Waals surface area contributed by atoms with E-state index >= 15 is 0 Å². The molecular weight excluding hydrogens is 240 g/mol. The second-order valence-electron chi connectivity index (χ2n) is 5.09. The zero-order chi connectivity index (χ0) is 13.2. The number of H-pyrrole nitrogens is 1. The molecular formula is C14H18N4O. The number of aromatic nitrogens is 3. The molecule has 0 radical (unpaired) electrons. The van der Waals surface area contributed by atoms with Gasteiger partial charge < -0.3 is 9.88 Å². The number of nitrogens with one attached hydrogen (secondary N) is 2. The monoisotopic (exact) mass is 258 g/mol. The molecule has 1 fully saturated rings. The van der Waals surface area contributed by atoms with Crippen LogP contribution in [0, 0.1) is 6.92 Å². The van der Waals surface area contributed by atoms with Crippen LogP contribution in [0.1, 0.15) is 47.1 Å². The second-order valence-corrected chi connectivity index (χ2v) is 5.09. The van der Waals surface area contributed by atoms with Gasteiger partial charge in [-0.25, -0.2) is 0 Å². The van der Waals surface area contributed by atoms with Crippen LogP contribution in [0.5, 0.6) is 0 Å². The average molecular weight is 258 g/mol. The van der Waals surface area contributed by atoms with Crippen LogP contribution in [0.25, 0.3) is 0 Å². The molecule has 5 heteroatoms. The standard InChI is InChI=1S/C14H18N4O/c1-10-11(9-16-17-10)8-15-14(19)13-6-3-7-18(13)12-4-2-5-12/h3,6-7,9,12H,2,4-5,8H2,1H3,(H,15,19)(H,16,17). The molecule has 5 nitrogen and oxygen atoms in total. The minimum Gasteiger partial charge on any atom is -0.347 e. The summed E-state index contributed by atoms with van der Waals surface area (Å²) >= 11 is 0. The van der Waals surface area contributed by atoms with E-state index in [1.807, 2.05) is 25.3 Å². The Morgan fingerprint density at radius 3 is 3.05 bits per heavy atom. The van der Waals surface area contributed by atoms with Crippen LogP contribution in [0.15, 0.2) is 24.5 Å². The van der Waals surface area contributed by atoms with Crippen molar-refractivity contribution in [1.29, 1.82) is 0 Å². The lowest BCUT2D eigenvalue weighted by Crippen LogP contribution is -2.28. The van der Waals surface area contributed by atoms with Crippen molar-refractivity contribution in [3.63, 3.8) is 0 Å². The van der Waals surface area contributed by atoms with Crippen molar-refractivity contribution < 1.29 is 4.79 Å². The van der Waals surface area contributed by atoms with E-state index in [1.165, 1.54) is 19.3 Å². The Morgan fingerprint density at radius 1 is 1.58 bits per heavy atom. The van der Waals surface area contributed by atoms with Gasteiger partial charge in [-0.1, -0.05) is 0 Å². The second kappa shape index (κ2) is 4.91. The first-order valence-corrected chi connectivity index (χ1v) is 6.69. The SMILES string of the molecule is Cc1[nH]ncc1CNC(=O)c1cccn1C1CCC1. The summed E-state index contributed by atoms with van der Waals surface area (Å²) < 4.78 is 2.10. The number of hydrogen-bond acceptors (Lipinski definition) is 2. The Bertz CT molecular complexity index is 580. The number of aryl methyl sites for hydroxylation is 1. The fourth-order valence-corrected chi connectivity index (χ4v) is 2.39. The van der Waals surface area contributed by atoms with Gasteiger partial charge in [-0.15, -0.1) is 0 Å². The summed E-state index contributed by atoms with van der Waals surface area (Å²) in [5.41, 5.74) is 2.77. The van der Waals surface area contributed by atoms with Crippen molar-refractivity contribution >= 4 is 5.91 Å². The van der Waals surface area contributed by atoms with E-state index in [4.69, 9.17) is 0 Å². The minimum absolute atomic E-state index is 0.0162. The predicted molar refractivity (Wildman–Crippen MR) is 71.8 cm³/mol. The summed E-state index contributed by atoms with van der Waals surface area (Å²) in [5.74, 6) is -0.0162. The normalized spacial score (nSPS) is 15.2. The maximum absolute atomic E-state index is 12.2. The molecule has 0 unspecified atom stereocenters. The molecule has 2 heterocycles. The number of carbonyl (C=O) groups is 1. The van der Waals surface area contributed by atoms with E-state index in [9.17, 15) is 4.79 Å². The Labute approximate surface area is 112 Å².